The Labute approximate surface area is 692 Å². The topological polar surface area (TPSA) is 131 Å². The average molecular weight is 1560 g/mol. The van der Waals surface area contributed by atoms with Crippen LogP contribution in [0.15, 0.2) is 291 Å². The molecule has 0 saturated heterocycles. The number of aromatic nitrogens is 4. The molecule has 120 heavy (non-hydrogen) atoms. The molecule has 0 fully saturated rings. The van der Waals surface area contributed by atoms with E-state index in [9.17, 15) is 0 Å². The lowest BCUT2D eigenvalue weighted by atomic mass is 9.88. The van der Waals surface area contributed by atoms with Crippen molar-refractivity contribution < 1.29 is 37.9 Å². The van der Waals surface area contributed by atoms with Gasteiger partial charge in [0.1, 0.15) is 46.0 Å². The minimum atomic E-state index is 0.623. The Hall–Kier alpha value is -15.4. The van der Waals surface area contributed by atoms with Crippen molar-refractivity contribution in [2.24, 2.45) is 0 Å². The summed E-state index contributed by atoms with van der Waals surface area (Å²) in [4.78, 5) is 20.3. The van der Waals surface area contributed by atoms with Gasteiger partial charge in [0.15, 0.2) is 0 Å². The summed E-state index contributed by atoms with van der Waals surface area (Å²) >= 11 is 0. The summed E-state index contributed by atoms with van der Waals surface area (Å²) in [5.74, 6) is 5.47. The molecule has 12 heteroatoms. The molecular formula is C108H78N4O8. The van der Waals surface area contributed by atoms with Crippen LogP contribution in [0.3, 0.4) is 0 Å². The number of fused-ring (bicyclic) bond motifs is 16. The molecule has 19 aromatic rings. The Kier molecular flexibility index (Phi) is 17.7. The molecule has 16 aromatic carbocycles. The van der Waals surface area contributed by atoms with Gasteiger partial charge in [-0.25, -0.2) is 9.97 Å². The smallest absolute Gasteiger partial charge is 0.135 e. The normalized spacial score (nSPS) is 11.9. The summed E-state index contributed by atoms with van der Waals surface area (Å²) in [7, 11) is 13.9. The molecule has 0 saturated carbocycles. The van der Waals surface area contributed by atoms with E-state index >= 15 is 0 Å². The van der Waals surface area contributed by atoms with Crippen LogP contribution in [0.25, 0.3) is 222 Å². The first kappa shape index (κ1) is 72.3. The Morgan fingerprint density at radius 3 is 0.825 bits per heavy atom. The highest BCUT2D eigenvalue weighted by atomic mass is 16.5. The zero-order chi connectivity index (χ0) is 81.0. The van der Waals surface area contributed by atoms with E-state index in [1.165, 1.54) is 0 Å². The fourth-order valence-corrected chi connectivity index (χ4v) is 18.7. The van der Waals surface area contributed by atoms with Crippen LogP contribution >= 0.6 is 0 Å². The Bertz CT molecular complexity index is 7350. The standard InChI is InChI=1S/C108H78N4O8/c1-113-69-41-37-63-25-17-33-75(79(63)57-69)77-35-19-27-67-53-83(97(117-5)59-81(67)77)99-87-43-44-88(109-87)100(84-54-68-28-20-36-78(82(68)60-98(84)118-6)76-34-18-26-64-38-42-70(114-2)58-80(64)76)90-46-48-92(111-90)102(86-56-66-24-12-16-32-74(66)106(108(86)120-8)104-72-30-14-10-22-62(72)40-52-96(104)116-4)94-50-49-93(112-94)101(91-47-45-89(99)110-91)85-55-65-23-11-15-31-73(65)105(107(85)119-7)103-71-29-13-9-21-61(71)39-51-95(103)115-3/h9-60,110-111H,1-8H3. The highest BCUT2D eigenvalue weighted by Gasteiger charge is 2.31. The number of rotatable bonds is 16. The molecule has 0 amide bonds. The van der Waals surface area contributed by atoms with Crippen molar-refractivity contribution >= 4 is 133 Å². The van der Waals surface area contributed by atoms with Crippen LogP contribution in [0.2, 0.25) is 0 Å². The van der Waals surface area contributed by atoms with Crippen molar-refractivity contribution in [3.63, 3.8) is 0 Å². The number of nitrogens with zero attached hydrogens (tertiary/aromatic N) is 2. The number of H-pyrrole nitrogens is 2. The molecule has 5 heterocycles. The van der Waals surface area contributed by atoms with E-state index < -0.39 is 0 Å². The van der Waals surface area contributed by atoms with Crippen molar-refractivity contribution in [1.82, 2.24) is 19.9 Å². The fourth-order valence-electron chi connectivity index (χ4n) is 18.7. The third-order valence-electron chi connectivity index (χ3n) is 24.1. The number of hydrogen-bond acceptors (Lipinski definition) is 10. The number of nitrogens with one attached hydrogen (secondary N) is 2. The molecular weight excluding hydrogens is 1480 g/mol. The van der Waals surface area contributed by atoms with E-state index in [2.05, 4.69) is 313 Å². The molecule has 2 aliphatic rings. The van der Waals surface area contributed by atoms with Crippen LogP contribution in [0.4, 0.5) is 0 Å². The second-order valence-electron chi connectivity index (χ2n) is 30.3. The van der Waals surface area contributed by atoms with Gasteiger partial charge in [-0.3, -0.25) is 0 Å². The van der Waals surface area contributed by atoms with Crippen LogP contribution in [-0.2, 0) is 0 Å². The predicted molar refractivity (Wildman–Crippen MR) is 495 cm³/mol. The monoisotopic (exact) mass is 1560 g/mol. The molecule has 0 aliphatic carbocycles. The van der Waals surface area contributed by atoms with E-state index in [1.54, 1.807) is 56.9 Å². The molecule has 0 unspecified atom stereocenters. The summed E-state index contributed by atoms with van der Waals surface area (Å²) in [5, 5.41) is 16.4. The zero-order valence-corrected chi connectivity index (χ0v) is 67.2. The largest absolute Gasteiger partial charge is 0.497 e. The summed E-state index contributed by atoms with van der Waals surface area (Å²) in [5.41, 5.74) is 19.7. The number of aromatic amines is 2. The van der Waals surface area contributed by atoms with Gasteiger partial charge in [0, 0.05) is 88.8 Å². The highest BCUT2D eigenvalue weighted by molar-refractivity contribution is 6.18. The fraction of sp³-hybridized carbons (Fsp3) is 0.0741. The van der Waals surface area contributed by atoms with E-state index in [-0.39, 0.29) is 0 Å². The number of ether oxygens (including phenoxy) is 8. The van der Waals surface area contributed by atoms with Gasteiger partial charge in [-0.2, -0.15) is 0 Å². The van der Waals surface area contributed by atoms with Gasteiger partial charge in [-0.05, 0) is 230 Å². The summed E-state index contributed by atoms with van der Waals surface area (Å²) in [6.07, 6.45) is 8.52. The minimum Gasteiger partial charge on any atom is -0.497 e. The quantitative estimate of drug-likeness (QED) is 0.0964. The molecule has 12 nitrogen and oxygen atoms in total. The Morgan fingerprint density at radius 2 is 0.475 bits per heavy atom. The lowest BCUT2D eigenvalue weighted by molar-refractivity contribution is 0.412. The van der Waals surface area contributed by atoms with Gasteiger partial charge in [0.25, 0.3) is 0 Å². The molecule has 8 bridgehead atoms. The van der Waals surface area contributed by atoms with Crippen LogP contribution in [0.5, 0.6) is 46.0 Å². The van der Waals surface area contributed by atoms with Crippen molar-refractivity contribution in [1.29, 1.82) is 0 Å². The Morgan fingerprint density at radius 1 is 0.192 bits per heavy atom. The molecule has 2 aliphatic heterocycles. The first-order valence-electron chi connectivity index (χ1n) is 40.0. The number of benzene rings is 16. The Balaban J connectivity index is 0.921. The second kappa shape index (κ2) is 29.4. The number of methoxy groups -OCH3 is 8. The molecule has 578 valence electrons. The second-order valence-corrected chi connectivity index (χ2v) is 30.3. The maximum atomic E-state index is 7.05. The van der Waals surface area contributed by atoms with E-state index in [1.807, 2.05) is 12.1 Å². The van der Waals surface area contributed by atoms with E-state index in [0.717, 1.165) is 209 Å². The van der Waals surface area contributed by atoms with Gasteiger partial charge in [-0.1, -0.05) is 194 Å². The van der Waals surface area contributed by atoms with Gasteiger partial charge in [0.2, 0.25) is 0 Å². The van der Waals surface area contributed by atoms with Crippen LogP contribution < -0.4 is 37.9 Å². The van der Waals surface area contributed by atoms with E-state index in [4.69, 9.17) is 47.9 Å². The predicted octanol–water partition coefficient (Wildman–Crippen LogP) is 27.3. The van der Waals surface area contributed by atoms with Crippen LogP contribution in [0, 0.1) is 0 Å². The van der Waals surface area contributed by atoms with Crippen molar-refractivity contribution in [2.45, 2.75) is 0 Å². The summed E-state index contributed by atoms with van der Waals surface area (Å²) < 4.78 is 52.2. The van der Waals surface area contributed by atoms with Gasteiger partial charge in [0.05, 0.1) is 79.7 Å². The van der Waals surface area contributed by atoms with Crippen LogP contribution in [0.1, 0.15) is 22.8 Å². The van der Waals surface area contributed by atoms with E-state index in [0.29, 0.717) is 57.3 Å². The van der Waals surface area contributed by atoms with Gasteiger partial charge < -0.3 is 47.9 Å². The SMILES string of the molecule is COc1ccc2cccc(-c3cccc4cc(-c5c6nc(c(-c7cc8cccc(-c9cccc%10ccc(OC)cc9%10)c8cc7OC)c7ccc([nH]7)c(-c7cc8ccccc8c(-c8c(OC)ccc9ccccc89)c7OC)c7nc(c(-c8cc9ccccc9c(-c9c(OC)ccc%10ccccc9%10)c8OC)c8ccc5[nH]8)C=C7)C=C6)c(OC)cc34)c2c1. The van der Waals surface area contributed by atoms with Crippen LogP contribution in [-0.4, -0.2) is 76.8 Å². The summed E-state index contributed by atoms with van der Waals surface area (Å²) in [6, 6.07) is 103. The lowest BCUT2D eigenvalue weighted by Crippen LogP contribution is -1.99. The summed E-state index contributed by atoms with van der Waals surface area (Å²) in [6.45, 7) is 0. The molecule has 0 atom stereocenters. The minimum absolute atomic E-state index is 0.623. The number of hydrogen-bond donors (Lipinski definition) is 2. The first-order chi connectivity index (χ1) is 59.1. The maximum Gasteiger partial charge on any atom is 0.135 e. The third kappa shape index (κ3) is 11.7. The highest BCUT2D eigenvalue weighted by Crippen LogP contribution is 2.55. The third-order valence-corrected chi connectivity index (χ3v) is 24.1. The molecule has 0 spiro atoms. The first-order valence-corrected chi connectivity index (χ1v) is 40.0. The molecule has 2 N–H and O–H groups in total. The molecule has 0 radical (unpaired) electrons. The molecule has 21 rings (SSSR count). The van der Waals surface area contributed by atoms with Gasteiger partial charge in [-0.15, -0.1) is 0 Å². The van der Waals surface area contributed by atoms with Crippen molar-refractivity contribution in [3.8, 4) is 135 Å². The molecule has 3 aromatic heterocycles. The lowest BCUT2D eigenvalue weighted by Gasteiger charge is -2.21. The van der Waals surface area contributed by atoms with Crippen molar-refractivity contribution in [2.75, 3.05) is 56.9 Å². The zero-order valence-electron chi connectivity index (χ0n) is 67.2. The average Bonchev–Trinajstić information content (AvgIpc) is 1.52. The maximum absolute atomic E-state index is 7.05. The van der Waals surface area contributed by atoms with Crippen molar-refractivity contribution in [3.05, 3.63) is 314 Å². The van der Waals surface area contributed by atoms with Gasteiger partial charge >= 0.3 is 0 Å².